The molecule has 0 bridgehead atoms. The summed E-state index contributed by atoms with van der Waals surface area (Å²) in [5.74, 6) is 0.402. The Hall–Kier alpha value is -4.25. The van der Waals surface area contributed by atoms with E-state index in [1.807, 2.05) is 30.3 Å². The van der Waals surface area contributed by atoms with Crippen molar-refractivity contribution in [3.05, 3.63) is 94.7 Å². The van der Waals surface area contributed by atoms with Crippen LogP contribution in [0.15, 0.2) is 76.9 Å². The average molecular weight is 462 g/mol. The van der Waals surface area contributed by atoms with Gasteiger partial charge >= 0.3 is 6.61 Å². The Morgan fingerprint density at radius 3 is 2.32 bits per heavy atom. The first kappa shape index (κ1) is 24.4. The third-order valence-electron chi connectivity index (χ3n) is 5.49. The molecule has 2 aromatic rings. The summed E-state index contributed by atoms with van der Waals surface area (Å²) in [4.78, 5) is 9.51. The van der Waals surface area contributed by atoms with Crippen LogP contribution in [0.5, 0.6) is 5.75 Å². The van der Waals surface area contributed by atoms with Gasteiger partial charge in [-0.3, -0.25) is 0 Å². The number of nitrogens with two attached hydrogens (primary N) is 2. The molecule has 1 aliphatic heterocycles. The number of aryl methyl sites for hydroxylation is 2. The predicted molar refractivity (Wildman–Crippen MR) is 131 cm³/mol. The van der Waals surface area contributed by atoms with Gasteiger partial charge in [0.25, 0.3) is 0 Å². The van der Waals surface area contributed by atoms with Crippen molar-refractivity contribution in [1.29, 1.82) is 5.26 Å². The number of nitrogens with zero attached hydrogens (tertiary/aromatic N) is 3. The van der Waals surface area contributed by atoms with Gasteiger partial charge in [0.1, 0.15) is 17.7 Å². The van der Waals surface area contributed by atoms with Crippen molar-refractivity contribution in [3.8, 4) is 11.8 Å². The van der Waals surface area contributed by atoms with Crippen molar-refractivity contribution in [3.63, 3.8) is 0 Å². The van der Waals surface area contributed by atoms with E-state index in [1.54, 1.807) is 45.1 Å². The van der Waals surface area contributed by atoms with Crippen LogP contribution in [0.2, 0.25) is 0 Å². The van der Waals surface area contributed by atoms with Gasteiger partial charge in [-0.2, -0.15) is 14.0 Å². The number of ether oxygens (including phenoxy) is 1. The predicted octanol–water partition coefficient (Wildman–Crippen LogP) is 4.87. The van der Waals surface area contributed by atoms with Gasteiger partial charge in [-0.1, -0.05) is 30.9 Å². The molecule has 0 saturated heterocycles. The molecule has 1 aliphatic rings. The van der Waals surface area contributed by atoms with Crippen molar-refractivity contribution in [2.75, 3.05) is 0 Å². The molecule has 3 rings (SSSR count). The Kier molecular flexibility index (Phi) is 6.97. The van der Waals surface area contributed by atoms with Gasteiger partial charge in [0.2, 0.25) is 5.66 Å². The number of hydrogen-bond donors (Lipinski definition) is 2. The monoisotopic (exact) mass is 461 g/mol. The maximum absolute atomic E-state index is 12.9. The number of allylic oxidation sites excluding steroid dienone is 4. The molecule has 34 heavy (non-hydrogen) atoms. The van der Waals surface area contributed by atoms with Crippen LogP contribution in [0.1, 0.15) is 34.7 Å². The number of alkyl halides is 2. The van der Waals surface area contributed by atoms with Crippen molar-refractivity contribution in [2.45, 2.75) is 33.0 Å². The minimum absolute atomic E-state index is 0.118. The van der Waals surface area contributed by atoms with Crippen molar-refractivity contribution in [1.82, 2.24) is 0 Å². The topological polar surface area (TPSA) is 110 Å². The van der Waals surface area contributed by atoms with E-state index in [1.165, 1.54) is 6.20 Å². The molecule has 0 aliphatic carbocycles. The fourth-order valence-electron chi connectivity index (χ4n) is 3.89. The van der Waals surface area contributed by atoms with Gasteiger partial charge in [0.05, 0.1) is 11.3 Å². The molecule has 1 heterocycles. The second kappa shape index (κ2) is 9.71. The number of rotatable bonds is 7. The first-order chi connectivity index (χ1) is 16.1. The smallest absolute Gasteiger partial charge is 0.387 e. The van der Waals surface area contributed by atoms with Crippen LogP contribution >= 0.6 is 0 Å². The summed E-state index contributed by atoms with van der Waals surface area (Å²) in [5.41, 5.74) is 15.1. The molecule has 0 aromatic heterocycles. The highest BCUT2D eigenvalue weighted by Crippen LogP contribution is 2.42. The Bertz CT molecular complexity index is 1260. The molecule has 1 unspecified atom stereocenters. The van der Waals surface area contributed by atoms with Crippen molar-refractivity contribution >= 4 is 17.1 Å². The van der Waals surface area contributed by atoms with Crippen LogP contribution in [0.4, 0.5) is 8.78 Å². The number of amidine groups is 1. The first-order valence-corrected chi connectivity index (χ1v) is 10.4. The second-order valence-electron chi connectivity index (χ2n) is 7.80. The maximum atomic E-state index is 12.9. The van der Waals surface area contributed by atoms with Gasteiger partial charge in [0, 0.05) is 17.3 Å². The van der Waals surface area contributed by atoms with Crippen LogP contribution < -0.4 is 16.2 Å². The molecule has 0 amide bonds. The van der Waals surface area contributed by atoms with E-state index >= 15 is 0 Å². The van der Waals surface area contributed by atoms with E-state index < -0.39 is 12.3 Å². The van der Waals surface area contributed by atoms with Crippen LogP contribution in [0, 0.1) is 25.2 Å². The normalized spacial score (nSPS) is 18.4. The summed E-state index contributed by atoms with van der Waals surface area (Å²) >= 11 is 0. The fraction of sp³-hybridized carbons (Fsp3) is 0.192. The van der Waals surface area contributed by atoms with Crippen LogP contribution in [-0.4, -0.2) is 18.2 Å². The molecule has 0 spiro atoms. The summed E-state index contributed by atoms with van der Waals surface area (Å²) in [6.45, 7) is 6.06. The number of benzene rings is 2. The lowest BCUT2D eigenvalue weighted by Gasteiger charge is -2.26. The molecule has 6 nitrogen and oxygen atoms in total. The third-order valence-corrected chi connectivity index (χ3v) is 5.49. The average Bonchev–Trinajstić information content (AvgIpc) is 3.12. The SMILES string of the molecule is C=C/C(=C\C(C#N)=C/N)c1cccc(C2(c3cc(C)c(OC(F)F)c(C)c3)N=C(C)C(N)=N2)c1. The van der Waals surface area contributed by atoms with Gasteiger partial charge in [-0.05, 0) is 67.3 Å². The largest absolute Gasteiger partial charge is 0.434 e. The maximum Gasteiger partial charge on any atom is 0.387 e. The molecule has 1 atom stereocenters. The highest BCUT2D eigenvalue weighted by atomic mass is 19.3. The molecule has 0 saturated carbocycles. The molecule has 0 radical (unpaired) electrons. The molecule has 8 heteroatoms. The summed E-state index contributed by atoms with van der Waals surface area (Å²) in [7, 11) is 0. The van der Waals surface area contributed by atoms with Gasteiger partial charge in [-0.25, -0.2) is 9.98 Å². The highest BCUT2D eigenvalue weighted by molar-refractivity contribution is 6.41. The minimum Gasteiger partial charge on any atom is -0.434 e. The van der Waals surface area contributed by atoms with Gasteiger partial charge in [-0.15, -0.1) is 0 Å². The number of nitriles is 1. The van der Waals surface area contributed by atoms with Crippen molar-refractivity contribution in [2.24, 2.45) is 21.5 Å². The number of halogens is 2. The van der Waals surface area contributed by atoms with Crippen LogP contribution in [0.3, 0.4) is 0 Å². The summed E-state index contributed by atoms with van der Waals surface area (Å²) in [6, 6.07) is 12.9. The summed E-state index contributed by atoms with van der Waals surface area (Å²) < 4.78 is 30.5. The molecule has 174 valence electrons. The third kappa shape index (κ3) is 4.59. The van der Waals surface area contributed by atoms with Gasteiger partial charge < -0.3 is 16.2 Å². The minimum atomic E-state index is -2.93. The van der Waals surface area contributed by atoms with Crippen LogP contribution in [0.25, 0.3) is 5.57 Å². The Balaban J connectivity index is 2.23. The van der Waals surface area contributed by atoms with E-state index in [0.717, 1.165) is 5.56 Å². The first-order valence-electron chi connectivity index (χ1n) is 10.4. The second-order valence-corrected chi connectivity index (χ2v) is 7.80. The quantitative estimate of drug-likeness (QED) is 0.453. The Morgan fingerprint density at radius 1 is 1.15 bits per heavy atom. The van der Waals surface area contributed by atoms with E-state index in [-0.39, 0.29) is 17.2 Å². The lowest BCUT2D eigenvalue weighted by atomic mass is 9.88. The molecule has 2 aromatic carbocycles. The number of aliphatic imine (C=N–C) groups is 2. The van der Waals surface area contributed by atoms with E-state index in [2.05, 4.69) is 6.58 Å². The van der Waals surface area contributed by atoms with Crippen molar-refractivity contribution < 1.29 is 13.5 Å². The van der Waals surface area contributed by atoms with Gasteiger partial charge in [0.15, 0.2) is 0 Å². The lowest BCUT2D eigenvalue weighted by molar-refractivity contribution is -0.0507. The fourth-order valence-corrected chi connectivity index (χ4v) is 3.89. The van der Waals surface area contributed by atoms with E-state index in [4.69, 9.17) is 26.2 Å². The van der Waals surface area contributed by atoms with E-state index in [0.29, 0.717) is 33.5 Å². The zero-order valence-electron chi connectivity index (χ0n) is 19.1. The zero-order chi connectivity index (χ0) is 25.0. The standard InChI is InChI=1S/C26H25F2N5O/c1-5-19(11-18(13-29)14-30)20-7-6-8-21(12-20)26(32-17(4)24(31)33-26)22-9-15(2)23(16(3)10-22)34-25(27)28/h5-13,25H,1,29H2,2-4H3,(H2,31,33)/b18-13+,19-11+. The van der Waals surface area contributed by atoms with E-state index in [9.17, 15) is 14.0 Å². The molecular formula is C26H25F2N5O. The summed E-state index contributed by atoms with van der Waals surface area (Å²) in [5, 5.41) is 9.24. The van der Waals surface area contributed by atoms with Crippen LogP contribution in [-0.2, 0) is 5.66 Å². The molecule has 4 N–H and O–H groups in total. The number of hydrogen-bond acceptors (Lipinski definition) is 6. The lowest BCUT2D eigenvalue weighted by Crippen LogP contribution is -2.23. The summed E-state index contributed by atoms with van der Waals surface area (Å²) in [6.07, 6.45) is 4.47. The molecular weight excluding hydrogens is 436 g/mol. The highest BCUT2D eigenvalue weighted by Gasteiger charge is 2.39. The zero-order valence-corrected chi connectivity index (χ0v) is 19.1. The Labute approximate surface area is 197 Å². The molecule has 0 fully saturated rings. The Morgan fingerprint density at radius 2 is 1.82 bits per heavy atom.